The van der Waals surface area contributed by atoms with E-state index >= 15 is 0 Å². The van der Waals surface area contributed by atoms with Gasteiger partial charge >= 0.3 is 0 Å². The summed E-state index contributed by atoms with van der Waals surface area (Å²) in [5.41, 5.74) is 2.72. The van der Waals surface area contributed by atoms with Gasteiger partial charge in [-0.05, 0) is 55.5 Å². The summed E-state index contributed by atoms with van der Waals surface area (Å²) in [6.45, 7) is 9.91. The van der Waals surface area contributed by atoms with Crippen molar-refractivity contribution in [2.24, 2.45) is 5.92 Å². The minimum Gasteiger partial charge on any atom is -0.490 e. The third-order valence-electron chi connectivity index (χ3n) is 5.41. The molecule has 6 heteroatoms. The van der Waals surface area contributed by atoms with Crippen molar-refractivity contribution in [3.63, 3.8) is 0 Å². The van der Waals surface area contributed by atoms with Crippen LogP contribution in [-0.4, -0.2) is 42.5 Å². The molecule has 31 heavy (non-hydrogen) atoms. The molecule has 1 heterocycles. The Bertz CT molecular complexity index is 925. The van der Waals surface area contributed by atoms with E-state index < -0.39 is 6.04 Å². The summed E-state index contributed by atoms with van der Waals surface area (Å²) in [4.78, 5) is 27.6. The number of nitrogens with one attached hydrogen (secondary N) is 1. The zero-order chi connectivity index (χ0) is 22.4. The van der Waals surface area contributed by atoms with E-state index in [0.29, 0.717) is 44.0 Å². The molecule has 2 aromatic carbocycles. The van der Waals surface area contributed by atoms with Crippen LogP contribution in [-0.2, 0) is 17.8 Å². The molecule has 1 atom stereocenters. The van der Waals surface area contributed by atoms with E-state index in [9.17, 15) is 9.59 Å². The van der Waals surface area contributed by atoms with E-state index in [1.807, 2.05) is 70.2 Å². The highest BCUT2D eigenvalue weighted by Crippen LogP contribution is 2.29. The van der Waals surface area contributed by atoms with Crippen molar-refractivity contribution in [1.29, 1.82) is 0 Å². The first kappa shape index (κ1) is 22.7. The number of hydrogen-bond acceptors (Lipinski definition) is 4. The van der Waals surface area contributed by atoms with Crippen LogP contribution in [0.3, 0.4) is 0 Å². The molecule has 2 amide bonds. The van der Waals surface area contributed by atoms with Crippen molar-refractivity contribution in [3.8, 4) is 11.5 Å². The van der Waals surface area contributed by atoms with Crippen LogP contribution in [0.2, 0.25) is 0 Å². The van der Waals surface area contributed by atoms with Gasteiger partial charge in [-0.3, -0.25) is 9.59 Å². The van der Waals surface area contributed by atoms with E-state index in [4.69, 9.17) is 9.47 Å². The Morgan fingerprint density at radius 1 is 1.06 bits per heavy atom. The summed E-state index contributed by atoms with van der Waals surface area (Å²) < 4.78 is 11.3. The van der Waals surface area contributed by atoms with Crippen molar-refractivity contribution >= 4 is 11.8 Å². The molecule has 0 radical (unpaired) electrons. The molecule has 0 spiro atoms. The molecule has 0 saturated heterocycles. The molecule has 0 aromatic heterocycles. The van der Waals surface area contributed by atoms with Crippen molar-refractivity contribution in [2.75, 3.05) is 19.8 Å². The zero-order valence-electron chi connectivity index (χ0n) is 18.8. The van der Waals surface area contributed by atoms with Crippen LogP contribution < -0.4 is 14.8 Å². The minimum absolute atomic E-state index is 0.00768. The average molecular weight is 425 g/mol. The zero-order valence-corrected chi connectivity index (χ0v) is 18.8. The number of ether oxygens (including phenoxy) is 2. The summed E-state index contributed by atoms with van der Waals surface area (Å²) in [6.07, 6.45) is 0.664. The van der Waals surface area contributed by atoms with E-state index in [1.165, 1.54) is 0 Å². The fourth-order valence-corrected chi connectivity index (χ4v) is 3.99. The number of nitrogens with zero attached hydrogens (tertiary/aromatic N) is 1. The van der Waals surface area contributed by atoms with Crippen LogP contribution in [0, 0.1) is 5.92 Å². The lowest BCUT2D eigenvalue weighted by Crippen LogP contribution is -2.50. The number of benzene rings is 2. The minimum atomic E-state index is -0.501. The van der Waals surface area contributed by atoms with Gasteiger partial charge in [-0.2, -0.15) is 0 Å². The molecule has 1 aliphatic heterocycles. The highest BCUT2D eigenvalue weighted by atomic mass is 16.5. The second kappa shape index (κ2) is 10.3. The second-order valence-electron chi connectivity index (χ2n) is 7.97. The Morgan fingerprint density at radius 3 is 2.45 bits per heavy atom. The standard InChI is InChI=1S/C25H32N2O4/c1-5-30-21-12-11-18(15-22(21)31-6-2)13-14-26-24(28)23(17(3)4)27-16-19-9-7-8-10-20(19)25(27)29/h7-12,15,17,23H,5-6,13-14,16H2,1-4H3,(H,26,28)/t23-/m1/s1. The first-order valence-electron chi connectivity index (χ1n) is 11.0. The van der Waals surface area contributed by atoms with Gasteiger partial charge in [0, 0.05) is 18.7 Å². The smallest absolute Gasteiger partial charge is 0.255 e. The number of fused-ring (bicyclic) bond motifs is 1. The maximum Gasteiger partial charge on any atom is 0.255 e. The van der Waals surface area contributed by atoms with Gasteiger partial charge in [0.25, 0.3) is 5.91 Å². The Hall–Kier alpha value is -3.02. The van der Waals surface area contributed by atoms with Crippen molar-refractivity contribution < 1.29 is 19.1 Å². The molecular weight excluding hydrogens is 392 g/mol. The molecule has 0 bridgehead atoms. The summed E-state index contributed by atoms with van der Waals surface area (Å²) in [5, 5.41) is 3.02. The maximum absolute atomic E-state index is 13.0. The molecular formula is C25H32N2O4. The fraction of sp³-hybridized carbons (Fsp3) is 0.440. The topological polar surface area (TPSA) is 67.9 Å². The lowest BCUT2D eigenvalue weighted by molar-refractivity contribution is -0.127. The molecule has 2 aromatic rings. The predicted molar refractivity (Wildman–Crippen MR) is 120 cm³/mol. The number of rotatable bonds is 10. The summed E-state index contributed by atoms with van der Waals surface area (Å²) in [7, 11) is 0. The molecule has 3 rings (SSSR count). The summed E-state index contributed by atoms with van der Waals surface area (Å²) in [6, 6.07) is 12.9. The Kier molecular flexibility index (Phi) is 7.55. The van der Waals surface area contributed by atoms with Gasteiger partial charge in [0.1, 0.15) is 6.04 Å². The quantitative estimate of drug-likeness (QED) is 0.630. The molecule has 1 N–H and O–H groups in total. The number of carbonyl (C=O) groups excluding carboxylic acids is 2. The average Bonchev–Trinajstić information content (AvgIpc) is 3.06. The van der Waals surface area contributed by atoms with Gasteiger partial charge in [-0.25, -0.2) is 0 Å². The predicted octanol–water partition coefficient (Wildman–Crippen LogP) is 3.82. The lowest BCUT2D eigenvalue weighted by Gasteiger charge is -2.30. The van der Waals surface area contributed by atoms with Crippen LogP contribution in [0.1, 0.15) is 49.2 Å². The SMILES string of the molecule is CCOc1ccc(CCNC(=O)[C@@H](C(C)C)N2Cc3ccccc3C2=O)cc1OCC. The maximum atomic E-state index is 13.0. The highest BCUT2D eigenvalue weighted by molar-refractivity contribution is 6.01. The van der Waals surface area contributed by atoms with Gasteiger partial charge < -0.3 is 19.7 Å². The molecule has 0 fully saturated rings. The van der Waals surface area contributed by atoms with Crippen molar-refractivity contribution in [3.05, 3.63) is 59.2 Å². The Morgan fingerprint density at radius 2 is 1.77 bits per heavy atom. The van der Waals surface area contributed by atoms with Gasteiger partial charge in [0.05, 0.1) is 13.2 Å². The number of hydrogen-bond donors (Lipinski definition) is 1. The highest BCUT2D eigenvalue weighted by Gasteiger charge is 2.37. The Balaban J connectivity index is 1.63. The van der Waals surface area contributed by atoms with Gasteiger partial charge in [-0.15, -0.1) is 0 Å². The van der Waals surface area contributed by atoms with E-state index in [1.54, 1.807) is 4.90 Å². The van der Waals surface area contributed by atoms with Crippen LogP contribution in [0.5, 0.6) is 11.5 Å². The summed E-state index contributed by atoms with van der Waals surface area (Å²) >= 11 is 0. The van der Waals surface area contributed by atoms with Crippen LogP contribution in [0.15, 0.2) is 42.5 Å². The van der Waals surface area contributed by atoms with Gasteiger partial charge in [-0.1, -0.05) is 38.1 Å². The summed E-state index contributed by atoms with van der Waals surface area (Å²) in [5.74, 6) is 1.26. The second-order valence-corrected chi connectivity index (χ2v) is 7.97. The normalized spacial score (nSPS) is 13.8. The molecule has 1 aliphatic rings. The molecule has 0 unspecified atom stereocenters. The first-order valence-corrected chi connectivity index (χ1v) is 11.0. The van der Waals surface area contributed by atoms with E-state index in [-0.39, 0.29) is 17.7 Å². The largest absolute Gasteiger partial charge is 0.490 e. The van der Waals surface area contributed by atoms with Gasteiger partial charge in [0.15, 0.2) is 11.5 Å². The molecule has 0 aliphatic carbocycles. The van der Waals surface area contributed by atoms with E-state index in [0.717, 1.165) is 16.9 Å². The first-order chi connectivity index (χ1) is 15.0. The van der Waals surface area contributed by atoms with Crippen molar-refractivity contribution in [1.82, 2.24) is 10.2 Å². The third kappa shape index (κ3) is 5.19. The van der Waals surface area contributed by atoms with Crippen LogP contribution in [0.4, 0.5) is 0 Å². The van der Waals surface area contributed by atoms with Gasteiger partial charge in [0.2, 0.25) is 5.91 Å². The van der Waals surface area contributed by atoms with E-state index in [2.05, 4.69) is 5.32 Å². The van der Waals surface area contributed by atoms with Crippen molar-refractivity contribution in [2.45, 2.75) is 46.7 Å². The molecule has 0 saturated carbocycles. The third-order valence-corrected chi connectivity index (χ3v) is 5.41. The Labute approximate surface area is 184 Å². The van der Waals surface area contributed by atoms with Crippen LogP contribution in [0.25, 0.3) is 0 Å². The molecule has 166 valence electrons. The monoisotopic (exact) mass is 424 g/mol. The number of carbonyl (C=O) groups is 2. The number of amides is 2. The lowest BCUT2D eigenvalue weighted by atomic mass is 10.0. The fourth-order valence-electron chi connectivity index (χ4n) is 3.99. The van der Waals surface area contributed by atoms with Crippen LogP contribution >= 0.6 is 0 Å². The molecule has 6 nitrogen and oxygen atoms in total.